The number of hydrogen-bond acceptors (Lipinski definition) is 0. The van der Waals surface area contributed by atoms with Gasteiger partial charge in [0.05, 0.1) is 0 Å². The van der Waals surface area contributed by atoms with Crippen molar-refractivity contribution in [3.63, 3.8) is 0 Å². The van der Waals surface area contributed by atoms with Crippen LogP contribution in [0.4, 0.5) is 0 Å². The molecule has 0 spiro atoms. The van der Waals surface area contributed by atoms with Crippen LogP contribution in [0.25, 0.3) is 0 Å². The van der Waals surface area contributed by atoms with Crippen molar-refractivity contribution in [2.24, 2.45) is 0 Å². The average Bonchev–Trinajstić information content (AvgIpc) is 1.64. The van der Waals surface area contributed by atoms with Crippen LogP contribution in [0.1, 0.15) is 0 Å². The Balaban J connectivity index is 3.68. The van der Waals surface area contributed by atoms with Crippen molar-refractivity contribution in [2.45, 2.75) is 22.0 Å². The fraction of sp³-hybridized carbons (Fsp3) is 0.500. The van der Waals surface area contributed by atoms with Crippen LogP contribution in [-0.4, -0.2) is 13.3 Å². The third-order valence-corrected chi connectivity index (χ3v) is 7.24. The molecule has 0 aromatic carbocycles. The third-order valence-electron chi connectivity index (χ3n) is 1.39. The van der Waals surface area contributed by atoms with Crippen LogP contribution in [-0.2, 0) is 0 Å². The molecule has 9 heavy (non-hydrogen) atoms. The Bertz CT molecular complexity index is 91.1. The van der Waals surface area contributed by atoms with Gasteiger partial charge in [-0.25, -0.2) is 0 Å². The Kier molecular flexibility index (Phi) is 3.95. The van der Waals surface area contributed by atoms with Crippen molar-refractivity contribution in [1.82, 2.24) is 0 Å². The summed E-state index contributed by atoms with van der Waals surface area (Å²) < 4.78 is 0. The van der Waals surface area contributed by atoms with E-state index >= 15 is 0 Å². The Morgan fingerprint density at radius 3 is 1.67 bits per heavy atom. The van der Waals surface area contributed by atoms with Gasteiger partial charge in [-0.05, 0) is 0 Å². The number of hydrogen-bond donors (Lipinski definition) is 0. The van der Waals surface area contributed by atoms with E-state index in [2.05, 4.69) is 24.7 Å². The first-order valence-electron chi connectivity index (χ1n) is 3.34. The second-order valence-electron chi connectivity index (χ2n) is 3.15. The fourth-order valence-electron chi connectivity index (χ4n) is 0.865. The summed E-state index contributed by atoms with van der Waals surface area (Å²) in [6, 6.07) is 0. The molecule has 0 rings (SSSR count). The molecule has 0 heterocycles. The molecule has 0 atom stereocenters. The molecule has 0 aliphatic heterocycles. The average molecular weight is 185 g/mol. The van der Waals surface area contributed by atoms with E-state index in [1.165, 1.54) is 10.5 Å². The number of rotatable bonds is 4. The zero-order valence-corrected chi connectivity index (χ0v) is 8.58. The quantitative estimate of drug-likeness (QED) is 0.466. The zero-order valence-electron chi connectivity index (χ0n) is 6.48. The van der Waals surface area contributed by atoms with Crippen LogP contribution in [0.15, 0.2) is 25.3 Å². The van der Waals surface area contributed by atoms with Crippen LogP contribution in [0.3, 0.4) is 0 Å². The van der Waals surface area contributed by atoms with Crippen LogP contribution in [0.2, 0.25) is 22.0 Å². The molecule has 1 heteroatoms. The SMILES string of the molecule is C=C[CH2][Ge]([CH3])([CH3])[CH2]C=C. The molecule has 0 radical (unpaired) electrons. The van der Waals surface area contributed by atoms with E-state index in [1.54, 1.807) is 0 Å². The van der Waals surface area contributed by atoms with Gasteiger partial charge < -0.3 is 0 Å². The Morgan fingerprint density at radius 1 is 1.11 bits per heavy atom. The first kappa shape index (κ1) is 9.02. The van der Waals surface area contributed by atoms with E-state index in [4.69, 9.17) is 0 Å². The third kappa shape index (κ3) is 4.52. The van der Waals surface area contributed by atoms with E-state index in [0.717, 1.165) is 0 Å². The van der Waals surface area contributed by atoms with Crippen LogP contribution in [0.5, 0.6) is 0 Å². The maximum atomic E-state index is 3.74. The molecule has 0 aromatic rings. The Hall–Kier alpha value is 0.0229. The van der Waals surface area contributed by atoms with E-state index in [1.807, 2.05) is 12.2 Å². The molecule has 0 aromatic heterocycles. The van der Waals surface area contributed by atoms with Gasteiger partial charge in [0, 0.05) is 0 Å². The van der Waals surface area contributed by atoms with Crippen LogP contribution in [0, 0.1) is 0 Å². The van der Waals surface area contributed by atoms with Gasteiger partial charge in [-0.2, -0.15) is 0 Å². The normalized spacial score (nSPS) is 10.9. The van der Waals surface area contributed by atoms with Gasteiger partial charge in [-0.3, -0.25) is 0 Å². The summed E-state index contributed by atoms with van der Waals surface area (Å²) in [6.45, 7) is 7.48. The first-order chi connectivity index (χ1) is 4.12. The Morgan fingerprint density at radius 2 is 1.44 bits per heavy atom. The summed E-state index contributed by atoms with van der Waals surface area (Å²) in [7, 11) is 0. The standard InChI is InChI=1S/C8H16Ge/c1-5-7-9(3,4)8-6-2/h5-6H,1-2,7-8H2,3-4H3. The monoisotopic (exact) mass is 186 g/mol. The molecular formula is C8H16Ge. The van der Waals surface area contributed by atoms with Crippen LogP contribution < -0.4 is 0 Å². The summed E-state index contributed by atoms with van der Waals surface area (Å²) in [6.07, 6.45) is 4.09. The van der Waals surface area contributed by atoms with Crippen molar-refractivity contribution < 1.29 is 0 Å². The van der Waals surface area contributed by atoms with Gasteiger partial charge in [-0.1, -0.05) is 0 Å². The summed E-state index contributed by atoms with van der Waals surface area (Å²) in [4.78, 5) is 0. The molecule has 0 fully saturated rings. The van der Waals surface area contributed by atoms with Crippen molar-refractivity contribution >= 4 is 13.3 Å². The van der Waals surface area contributed by atoms with Crippen LogP contribution >= 0.6 is 0 Å². The van der Waals surface area contributed by atoms with E-state index in [0.29, 0.717) is 0 Å². The molecule has 0 amide bonds. The Labute approximate surface area is 61.0 Å². The maximum absolute atomic E-state index is 3.74. The summed E-state index contributed by atoms with van der Waals surface area (Å²) in [5.74, 6) is 4.81. The van der Waals surface area contributed by atoms with Crippen molar-refractivity contribution in [3.8, 4) is 0 Å². The molecule has 0 bridgehead atoms. The second kappa shape index (κ2) is 3.94. The molecule has 0 saturated heterocycles. The molecule has 52 valence electrons. The van der Waals surface area contributed by atoms with Gasteiger partial charge in [-0.15, -0.1) is 0 Å². The van der Waals surface area contributed by atoms with Gasteiger partial charge in [0.2, 0.25) is 0 Å². The minimum atomic E-state index is -1.40. The summed E-state index contributed by atoms with van der Waals surface area (Å²) in [5, 5.41) is 2.51. The molecule has 0 nitrogen and oxygen atoms in total. The topological polar surface area (TPSA) is 0 Å². The molecule has 0 N–H and O–H groups in total. The number of allylic oxidation sites excluding steroid dienone is 2. The fourth-order valence-corrected chi connectivity index (χ4v) is 4.49. The van der Waals surface area contributed by atoms with Gasteiger partial charge in [0.25, 0.3) is 0 Å². The zero-order chi connectivity index (χ0) is 7.33. The van der Waals surface area contributed by atoms with E-state index < -0.39 is 13.3 Å². The molecule has 0 saturated carbocycles. The van der Waals surface area contributed by atoms with Gasteiger partial charge >= 0.3 is 60.6 Å². The predicted octanol–water partition coefficient (Wildman–Crippen LogP) is 3.07. The molecule has 0 unspecified atom stereocenters. The second-order valence-corrected chi connectivity index (χ2v) is 13.9. The van der Waals surface area contributed by atoms with Gasteiger partial charge in [0.1, 0.15) is 0 Å². The molecule has 0 aliphatic carbocycles. The van der Waals surface area contributed by atoms with Crippen molar-refractivity contribution in [2.75, 3.05) is 0 Å². The van der Waals surface area contributed by atoms with Crippen molar-refractivity contribution in [3.05, 3.63) is 25.3 Å². The van der Waals surface area contributed by atoms with Crippen molar-refractivity contribution in [1.29, 1.82) is 0 Å². The molecular weight excluding hydrogens is 169 g/mol. The van der Waals surface area contributed by atoms with Gasteiger partial charge in [0.15, 0.2) is 0 Å². The summed E-state index contributed by atoms with van der Waals surface area (Å²) in [5.41, 5.74) is 0. The minimum absolute atomic E-state index is 1.26. The molecule has 0 aliphatic rings. The van der Waals surface area contributed by atoms with E-state index in [-0.39, 0.29) is 0 Å². The summed E-state index contributed by atoms with van der Waals surface area (Å²) >= 11 is -1.40. The first-order valence-corrected chi connectivity index (χ1v) is 10.5. The van der Waals surface area contributed by atoms with E-state index in [9.17, 15) is 0 Å². The predicted molar refractivity (Wildman–Crippen MR) is 47.5 cm³/mol.